The number of carbonyl (C=O) groups excluding carboxylic acids is 1. The molecule has 0 aliphatic heterocycles. The van der Waals surface area contributed by atoms with Crippen molar-refractivity contribution in [1.29, 1.82) is 0 Å². The number of methoxy groups -OCH3 is 1. The summed E-state index contributed by atoms with van der Waals surface area (Å²) < 4.78 is 32.7. The lowest BCUT2D eigenvalue weighted by atomic mass is 10.1. The Morgan fingerprint density at radius 1 is 1.08 bits per heavy atom. The van der Waals surface area contributed by atoms with Gasteiger partial charge >= 0.3 is 5.97 Å². The maximum absolute atomic E-state index is 12.7. The van der Waals surface area contributed by atoms with Crippen molar-refractivity contribution in [3.63, 3.8) is 0 Å². The van der Waals surface area contributed by atoms with E-state index in [4.69, 9.17) is 4.74 Å². The summed E-state index contributed by atoms with van der Waals surface area (Å²) in [6.07, 6.45) is 1.55. The van der Waals surface area contributed by atoms with Crippen LogP contribution in [0.15, 0.2) is 71.1 Å². The molecule has 0 spiro atoms. The second-order valence-electron chi connectivity index (χ2n) is 5.66. The fourth-order valence-corrected chi connectivity index (χ4v) is 3.46. The molecule has 0 saturated carbocycles. The second kappa shape index (κ2) is 8.09. The molecule has 0 aliphatic rings. The van der Waals surface area contributed by atoms with Crippen LogP contribution in [0.25, 0.3) is 0 Å². The Morgan fingerprint density at radius 2 is 1.68 bits per heavy atom. The third-order valence-corrected chi connectivity index (χ3v) is 5.15. The number of ether oxygens (including phenoxy) is 1. The third kappa shape index (κ3) is 5.01. The lowest BCUT2D eigenvalue weighted by molar-refractivity contribution is -0.136. The van der Waals surface area contributed by atoms with Gasteiger partial charge in [0.1, 0.15) is 0 Å². The maximum atomic E-state index is 12.7. The molecule has 1 atom stereocenters. The van der Waals surface area contributed by atoms with Crippen molar-refractivity contribution < 1.29 is 17.9 Å². The Bertz CT molecular complexity index is 856. The van der Waals surface area contributed by atoms with E-state index < -0.39 is 22.0 Å². The average Bonchev–Trinajstić information content (AvgIpc) is 2.61. The molecule has 2 aromatic rings. The monoisotopic (exact) mass is 359 g/mol. The van der Waals surface area contributed by atoms with E-state index in [1.54, 1.807) is 49.4 Å². The molecule has 0 amide bonds. The van der Waals surface area contributed by atoms with Crippen LogP contribution in [0.1, 0.15) is 24.1 Å². The van der Waals surface area contributed by atoms with E-state index in [-0.39, 0.29) is 4.90 Å². The summed E-state index contributed by atoms with van der Waals surface area (Å²) in [7, 11) is -2.46. The van der Waals surface area contributed by atoms with Crippen LogP contribution < -0.4 is 4.72 Å². The van der Waals surface area contributed by atoms with Crippen molar-refractivity contribution in [2.75, 3.05) is 7.11 Å². The highest BCUT2D eigenvalue weighted by atomic mass is 32.2. The summed E-state index contributed by atoms with van der Waals surface area (Å²) in [5.41, 5.74) is 2.02. The molecular weight excluding hydrogens is 338 g/mol. The smallest absolute Gasteiger partial charge is 0.333 e. The van der Waals surface area contributed by atoms with E-state index in [0.29, 0.717) is 5.57 Å². The zero-order valence-corrected chi connectivity index (χ0v) is 15.2. The normalized spacial score (nSPS) is 13.3. The standard InChI is InChI=1S/C19H21NO4S/c1-14-9-11-17(12-10-14)25(22,23)20-18(13-15(2)19(21)24-3)16-7-5-4-6-8-16/h4-13,18,20H,1-3H3/b15-13+/t18-/m0/s1. The number of hydrogen-bond donors (Lipinski definition) is 1. The fourth-order valence-electron chi connectivity index (χ4n) is 2.29. The van der Waals surface area contributed by atoms with Gasteiger partial charge in [-0.15, -0.1) is 0 Å². The van der Waals surface area contributed by atoms with Crippen LogP contribution in [-0.4, -0.2) is 21.5 Å². The van der Waals surface area contributed by atoms with Gasteiger partial charge in [-0.3, -0.25) is 0 Å². The zero-order chi connectivity index (χ0) is 18.4. The molecule has 0 aliphatic carbocycles. The summed E-state index contributed by atoms with van der Waals surface area (Å²) >= 11 is 0. The van der Waals surface area contributed by atoms with Gasteiger partial charge in [0.05, 0.1) is 18.0 Å². The summed E-state index contributed by atoms with van der Waals surface area (Å²) in [5, 5.41) is 0. The number of hydrogen-bond acceptors (Lipinski definition) is 4. The lowest BCUT2D eigenvalue weighted by Gasteiger charge is -2.17. The average molecular weight is 359 g/mol. The molecule has 132 valence electrons. The van der Waals surface area contributed by atoms with Crippen molar-refractivity contribution in [2.45, 2.75) is 24.8 Å². The molecule has 0 fully saturated rings. The number of sulfonamides is 1. The summed E-state index contributed by atoms with van der Waals surface area (Å²) in [6, 6.07) is 14.9. The number of benzene rings is 2. The van der Waals surface area contributed by atoms with E-state index in [1.807, 2.05) is 25.1 Å². The van der Waals surface area contributed by atoms with Crippen molar-refractivity contribution in [3.8, 4) is 0 Å². The molecule has 1 N–H and O–H groups in total. The van der Waals surface area contributed by atoms with Crippen LogP contribution >= 0.6 is 0 Å². The Morgan fingerprint density at radius 3 is 2.24 bits per heavy atom. The highest BCUT2D eigenvalue weighted by molar-refractivity contribution is 7.89. The second-order valence-corrected chi connectivity index (χ2v) is 7.38. The number of nitrogens with one attached hydrogen (secondary N) is 1. The third-order valence-electron chi connectivity index (χ3n) is 3.70. The molecule has 0 unspecified atom stereocenters. The largest absolute Gasteiger partial charge is 0.466 e. The minimum Gasteiger partial charge on any atom is -0.466 e. The van der Waals surface area contributed by atoms with Crippen molar-refractivity contribution in [1.82, 2.24) is 4.72 Å². The first-order chi connectivity index (χ1) is 11.8. The molecule has 0 saturated heterocycles. The molecular formula is C19H21NO4S. The SMILES string of the molecule is COC(=O)/C(C)=C/[C@H](NS(=O)(=O)c1ccc(C)cc1)c1ccccc1. The van der Waals surface area contributed by atoms with Crippen LogP contribution in [0.4, 0.5) is 0 Å². The van der Waals surface area contributed by atoms with Gasteiger partial charge in [0, 0.05) is 5.57 Å². The van der Waals surface area contributed by atoms with Gasteiger partial charge < -0.3 is 4.74 Å². The van der Waals surface area contributed by atoms with E-state index in [0.717, 1.165) is 11.1 Å². The minimum absolute atomic E-state index is 0.170. The van der Waals surface area contributed by atoms with Crippen LogP contribution in [-0.2, 0) is 19.6 Å². The molecule has 2 rings (SSSR count). The van der Waals surface area contributed by atoms with Gasteiger partial charge in [0.15, 0.2) is 0 Å². The predicted molar refractivity (Wildman–Crippen MR) is 96.5 cm³/mol. The predicted octanol–water partition coefficient (Wildman–Crippen LogP) is 3.13. The minimum atomic E-state index is -3.75. The number of rotatable bonds is 6. The quantitative estimate of drug-likeness (QED) is 0.635. The maximum Gasteiger partial charge on any atom is 0.333 e. The van der Waals surface area contributed by atoms with E-state index >= 15 is 0 Å². The first-order valence-corrected chi connectivity index (χ1v) is 9.22. The van der Waals surface area contributed by atoms with Crippen molar-refractivity contribution in [3.05, 3.63) is 77.4 Å². The van der Waals surface area contributed by atoms with Gasteiger partial charge in [-0.05, 0) is 31.5 Å². The summed E-state index contributed by atoms with van der Waals surface area (Å²) in [5.74, 6) is -0.504. The first kappa shape index (κ1) is 18.9. The first-order valence-electron chi connectivity index (χ1n) is 7.74. The molecule has 5 nitrogen and oxygen atoms in total. The summed E-state index contributed by atoms with van der Waals surface area (Å²) in [6.45, 7) is 3.47. The van der Waals surface area contributed by atoms with Gasteiger partial charge in [-0.2, -0.15) is 4.72 Å². The Kier molecular flexibility index (Phi) is 6.12. The fraction of sp³-hybridized carbons (Fsp3) is 0.211. The topological polar surface area (TPSA) is 72.5 Å². The van der Waals surface area contributed by atoms with Crippen LogP contribution in [0.2, 0.25) is 0 Å². The van der Waals surface area contributed by atoms with Crippen LogP contribution in [0, 0.1) is 6.92 Å². The van der Waals surface area contributed by atoms with Gasteiger partial charge in [-0.25, -0.2) is 13.2 Å². The Hall–Kier alpha value is -2.44. The molecule has 6 heteroatoms. The molecule has 0 radical (unpaired) electrons. The van der Waals surface area contributed by atoms with Crippen molar-refractivity contribution >= 4 is 16.0 Å². The Balaban J connectivity index is 2.39. The Labute approximate surface area is 148 Å². The van der Waals surface area contributed by atoms with Crippen LogP contribution in [0.5, 0.6) is 0 Å². The molecule has 0 bridgehead atoms. The van der Waals surface area contributed by atoms with E-state index in [2.05, 4.69) is 4.72 Å². The lowest BCUT2D eigenvalue weighted by Crippen LogP contribution is -2.28. The van der Waals surface area contributed by atoms with Gasteiger partial charge in [-0.1, -0.05) is 54.1 Å². The van der Waals surface area contributed by atoms with E-state index in [9.17, 15) is 13.2 Å². The zero-order valence-electron chi connectivity index (χ0n) is 14.4. The highest BCUT2D eigenvalue weighted by Gasteiger charge is 2.21. The number of esters is 1. The summed E-state index contributed by atoms with van der Waals surface area (Å²) in [4.78, 5) is 11.9. The molecule has 0 heterocycles. The molecule has 2 aromatic carbocycles. The van der Waals surface area contributed by atoms with Crippen molar-refractivity contribution in [2.24, 2.45) is 0 Å². The number of carbonyl (C=O) groups is 1. The van der Waals surface area contributed by atoms with Gasteiger partial charge in [0.2, 0.25) is 10.0 Å². The van der Waals surface area contributed by atoms with Gasteiger partial charge in [0.25, 0.3) is 0 Å². The van der Waals surface area contributed by atoms with Crippen LogP contribution in [0.3, 0.4) is 0 Å². The number of aryl methyl sites for hydroxylation is 1. The van der Waals surface area contributed by atoms with E-state index in [1.165, 1.54) is 7.11 Å². The molecule has 0 aromatic heterocycles. The highest BCUT2D eigenvalue weighted by Crippen LogP contribution is 2.20. The molecule has 25 heavy (non-hydrogen) atoms.